The number of sulfonamides is 1. The second kappa shape index (κ2) is 6.13. The molecular weight excluding hydrogens is 316 g/mol. The summed E-state index contributed by atoms with van der Waals surface area (Å²) in [4.78, 5) is 13.7. The van der Waals surface area contributed by atoms with Crippen molar-refractivity contribution in [3.63, 3.8) is 0 Å². The predicted molar refractivity (Wildman–Crippen MR) is 88.9 cm³/mol. The standard InChI is InChI=1S/C15H18N4O3S/c1-23(21,22)19-9-7-18(8-10-19)13-11-14(20)16-17-15(13)12-5-3-2-4-6-12/h2-6,11H,7-10H2,1H3,(H,16,20). The molecule has 0 amide bonds. The van der Waals surface area contributed by atoms with Gasteiger partial charge in [0.1, 0.15) is 5.69 Å². The number of aromatic amines is 1. The minimum absolute atomic E-state index is 0.273. The lowest BCUT2D eigenvalue weighted by molar-refractivity contribution is 0.388. The van der Waals surface area contributed by atoms with E-state index < -0.39 is 10.0 Å². The van der Waals surface area contributed by atoms with Gasteiger partial charge >= 0.3 is 0 Å². The summed E-state index contributed by atoms with van der Waals surface area (Å²) in [6.45, 7) is 1.86. The van der Waals surface area contributed by atoms with Crippen LogP contribution in [0.1, 0.15) is 0 Å². The highest BCUT2D eigenvalue weighted by atomic mass is 32.2. The Morgan fingerprint density at radius 2 is 1.74 bits per heavy atom. The summed E-state index contributed by atoms with van der Waals surface area (Å²) in [5.41, 5.74) is 2.06. The highest BCUT2D eigenvalue weighted by Crippen LogP contribution is 2.27. The first-order valence-corrected chi connectivity index (χ1v) is 9.15. The molecule has 0 bridgehead atoms. The SMILES string of the molecule is CS(=O)(=O)N1CCN(c2cc(=O)[nH]nc2-c2ccccc2)CC1. The van der Waals surface area contributed by atoms with Gasteiger partial charge in [0.05, 0.1) is 11.9 Å². The Balaban J connectivity index is 1.92. The molecule has 0 unspecified atom stereocenters. The van der Waals surface area contributed by atoms with E-state index in [-0.39, 0.29) is 5.56 Å². The number of hydrogen-bond donors (Lipinski definition) is 1. The third-order valence-electron chi connectivity index (χ3n) is 3.88. The fraction of sp³-hybridized carbons (Fsp3) is 0.333. The van der Waals surface area contributed by atoms with Gasteiger partial charge in [0, 0.05) is 37.8 Å². The van der Waals surface area contributed by atoms with Crippen molar-refractivity contribution in [2.75, 3.05) is 37.3 Å². The molecular formula is C15H18N4O3S. The molecule has 1 aromatic heterocycles. The van der Waals surface area contributed by atoms with Gasteiger partial charge < -0.3 is 4.90 Å². The van der Waals surface area contributed by atoms with Gasteiger partial charge in [-0.05, 0) is 0 Å². The molecule has 1 fully saturated rings. The average molecular weight is 334 g/mol. The van der Waals surface area contributed by atoms with Gasteiger partial charge in [0.15, 0.2) is 0 Å². The molecule has 8 heteroatoms. The van der Waals surface area contributed by atoms with Crippen LogP contribution < -0.4 is 10.5 Å². The van der Waals surface area contributed by atoms with E-state index in [0.717, 1.165) is 11.3 Å². The maximum absolute atomic E-state index is 11.7. The van der Waals surface area contributed by atoms with E-state index in [1.54, 1.807) is 0 Å². The first-order chi connectivity index (χ1) is 10.9. The van der Waals surface area contributed by atoms with Crippen LogP contribution in [-0.2, 0) is 10.0 Å². The van der Waals surface area contributed by atoms with Crippen LogP contribution in [0.5, 0.6) is 0 Å². The van der Waals surface area contributed by atoms with Crippen molar-refractivity contribution in [2.45, 2.75) is 0 Å². The number of H-pyrrole nitrogens is 1. The zero-order valence-electron chi connectivity index (χ0n) is 12.8. The normalized spacial score (nSPS) is 16.5. The molecule has 122 valence electrons. The van der Waals surface area contributed by atoms with Gasteiger partial charge in [-0.15, -0.1) is 0 Å². The zero-order valence-corrected chi connectivity index (χ0v) is 13.6. The van der Waals surface area contributed by atoms with E-state index >= 15 is 0 Å². The fourth-order valence-electron chi connectivity index (χ4n) is 2.70. The van der Waals surface area contributed by atoms with Gasteiger partial charge in [-0.25, -0.2) is 13.5 Å². The Kier molecular flexibility index (Phi) is 4.18. The summed E-state index contributed by atoms with van der Waals surface area (Å²) < 4.78 is 24.7. The molecule has 1 aliphatic heterocycles. The van der Waals surface area contributed by atoms with Crippen LogP contribution in [0, 0.1) is 0 Å². The van der Waals surface area contributed by atoms with Crippen molar-refractivity contribution >= 4 is 15.7 Å². The second-order valence-electron chi connectivity index (χ2n) is 5.48. The van der Waals surface area contributed by atoms with Crippen molar-refractivity contribution in [1.29, 1.82) is 0 Å². The molecule has 1 aromatic carbocycles. The maximum Gasteiger partial charge on any atom is 0.266 e. The molecule has 0 radical (unpaired) electrons. The third kappa shape index (κ3) is 3.43. The smallest absolute Gasteiger partial charge is 0.266 e. The van der Waals surface area contributed by atoms with E-state index in [2.05, 4.69) is 10.2 Å². The Labute approximate surface area is 134 Å². The molecule has 7 nitrogen and oxygen atoms in total. The van der Waals surface area contributed by atoms with Crippen molar-refractivity contribution in [3.8, 4) is 11.3 Å². The molecule has 1 saturated heterocycles. The lowest BCUT2D eigenvalue weighted by atomic mass is 10.1. The van der Waals surface area contributed by atoms with Crippen LogP contribution in [0.3, 0.4) is 0 Å². The van der Waals surface area contributed by atoms with E-state index in [0.29, 0.717) is 31.9 Å². The Morgan fingerprint density at radius 3 is 2.35 bits per heavy atom. The molecule has 2 aromatic rings. The molecule has 0 atom stereocenters. The zero-order chi connectivity index (χ0) is 16.4. The summed E-state index contributed by atoms with van der Waals surface area (Å²) >= 11 is 0. The second-order valence-corrected chi connectivity index (χ2v) is 7.46. The highest BCUT2D eigenvalue weighted by Gasteiger charge is 2.25. The van der Waals surface area contributed by atoms with E-state index in [1.807, 2.05) is 35.2 Å². The predicted octanol–water partition coefficient (Wildman–Crippen LogP) is 0.518. The Bertz CT molecular complexity index is 841. The van der Waals surface area contributed by atoms with Gasteiger partial charge in [-0.1, -0.05) is 30.3 Å². The first kappa shape index (κ1) is 15.7. The van der Waals surface area contributed by atoms with Crippen LogP contribution in [0.25, 0.3) is 11.3 Å². The van der Waals surface area contributed by atoms with E-state index in [9.17, 15) is 13.2 Å². The van der Waals surface area contributed by atoms with Crippen molar-refractivity contribution < 1.29 is 8.42 Å². The van der Waals surface area contributed by atoms with Crippen LogP contribution >= 0.6 is 0 Å². The van der Waals surface area contributed by atoms with Crippen molar-refractivity contribution in [3.05, 3.63) is 46.8 Å². The number of piperazine rings is 1. The van der Waals surface area contributed by atoms with Crippen molar-refractivity contribution in [1.82, 2.24) is 14.5 Å². The molecule has 2 heterocycles. The third-order valence-corrected chi connectivity index (χ3v) is 5.19. The monoisotopic (exact) mass is 334 g/mol. The van der Waals surface area contributed by atoms with Crippen LogP contribution in [0.4, 0.5) is 5.69 Å². The van der Waals surface area contributed by atoms with E-state index in [4.69, 9.17) is 0 Å². The fourth-order valence-corrected chi connectivity index (χ4v) is 3.53. The number of rotatable bonds is 3. The molecule has 1 aliphatic rings. The number of hydrogen-bond acceptors (Lipinski definition) is 5. The topological polar surface area (TPSA) is 86.4 Å². The van der Waals surface area contributed by atoms with Crippen LogP contribution in [-0.4, -0.2) is 55.4 Å². The number of nitrogens with zero attached hydrogens (tertiary/aromatic N) is 3. The quantitative estimate of drug-likeness (QED) is 0.884. The van der Waals surface area contributed by atoms with Crippen LogP contribution in [0.2, 0.25) is 0 Å². The number of benzene rings is 1. The summed E-state index contributed by atoms with van der Waals surface area (Å²) in [5.74, 6) is 0. The lowest BCUT2D eigenvalue weighted by Gasteiger charge is -2.35. The average Bonchev–Trinajstić information content (AvgIpc) is 2.55. The van der Waals surface area contributed by atoms with Gasteiger partial charge in [0.25, 0.3) is 5.56 Å². The summed E-state index contributed by atoms with van der Waals surface area (Å²) in [6.07, 6.45) is 1.22. The largest absolute Gasteiger partial charge is 0.367 e. The maximum atomic E-state index is 11.7. The summed E-state index contributed by atoms with van der Waals surface area (Å²) in [6, 6.07) is 11.1. The number of anilines is 1. The minimum Gasteiger partial charge on any atom is -0.367 e. The molecule has 0 spiro atoms. The minimum atomic E-state index is -3.18. The van der Waals surface area contributed by atoms with Gasteiger partial charge in [-0.3, -0.25) is 4.79 Å². The molecule has 23 heavy (non-hydrogen) atoms. The molecule has 3 rings (SSSR count). The summed E-state index contributed by atoms with van der Waals surface area (Å²) in [5, 5.41) is 6.65. The first-order valence-electron chi connectivity index (χ1n) is 7.30. The van der Waals surface area contributed by atoms with Gasteiger partial charge in [0.2, 0.25) is 10.0 Å². The Morgan fingerprint density at radius 1 is 1.09 bits per heavy atom. The molecule has 0 saturated carbocycles. The number of aromatic nitrogens is 2. The van der Waals surface area contributed by atoms with E-state index in [1.165, 1.54) is 16.6 Å². The summed E-state index contributed by atoms with van der Waals surface area (Å²) in [7, 11) is -3.18. The lowest BCUT2D eigenvalue weighted by Crippen LogP contribution is -2.48. The van der Waals surface area contributed by atoms with Crippen molar-refractivity contribution in [2.24, 2.45) is 0 Å². The Hall–Kier alpha value is -2.19. The molecule has 1 N–H and O–H groups in total. The highest BCUT2D eigenvalue weighted by molar-refractivity contribution is 7.88. The van der Waals surface area contributed by atoms with Gasteiger partial charge in [-0.2, -0.15) is 9.40 Å². The number of nitrogens with one attached hydrogen (secondary N) is 1. The molecule has 0 aliphatic carbocycles. The van der Waals surface area contributed by atoms with Crippen LogP contribution in [0.15, 0.2) is 41.2 Å².